The SMILES string of the molecule is OCCC#Cc1cc(F)ccc1COC1CCC1. The summed E-state index contributed by atoms with van der Waals surface area (Å²) in [4.78, 5) is 0. The van der Waals surface area contributed by atoms with E-state index in [1.165, 1.54) is 18.6 Å². The molecule has 1 aromatic rings. The zero-order valence-electron chi connectivity index (χ0n) is 10.3. The second-order valence-corrected chi connectivity index (χ2v) is 4.44. The maximum Gasteiger partial charge on any atom is 0.124 e. The predicted octanol–water partition coefficient (Wildman–Crippen LogP) is 2.63. The van der Waals surface area contributed by atoms with E-state index in [2.05, 4.69) is 11.8 Å². The highest BCUT2D eigenvalue weighted by molar-refractivity contribution is 5.41. The minimum Gasteiger partial charge on any atom is -0.395 e. The molecule has 1 aromatic carbocycles. The molecule has 0 radical (unpaired) electrons. The quantitative estimate of drug-likeness (QED) is 0.830. The fraction of sp³-hybridized carbons (Fsp3) is 0.467. The molecule has 2 nitrogen and oxygen atoms in total. The molecular weight excluding hydrogens is 231 g/mol. The summed E-state index contributed by atoms with van der Waals surface area (Å²) >= 11 is 0. The van der Waals surface area contributed by atoms with Gasteiger partial charge in [-0.1, -0.05) is 17.9 Å². The highest BCUT2D eigenvalue weighted by atomic mass is 19.1. The van der Waals surface area contributed by atoms with Crippen molar-refractivity contribution < 1.29 is 14.2 Å². The van der Waals surface area contributed by atoms with Crippen molar-refractivity contribution >= 4 is 0 Å². The lowest BCUT2D eigenvalue weighted by atomic mass is 9.96. The van der Waals surface area contributed by atoms with Gasteiger partial charge in [0.1, 0.15) is 5.82 Å². The molecule has 1 fully saturated rings. The topological polar surface area (TPSA) is 29.5 Å². The summed E-state index contributed by atoms with van der Waals surface area (Å²) in [6, 6.07) is 4.57. The third kappa shape index (κ3) is 3.56. The summed E-state index contributed by atoms with van der Waals surface area (Å²) < 4.78 is 18.9. The molecular formula is C15H17FO2. The van der Waals surface area contributed by atoms with Crippen LogP contribution in [0.4, 0.5) is 4.39 Å². The molecule has 0 atom stereocenters. The maximum atomic E-state index is 13.2. The summed E-state index contributed by atoms with van der Waals surface area (Å²) in [5.41, 5.74) is 1.57. The molecule has 0 aliphatic heterocycles. The van der Waals surface area contributed by atoms with Gasteiger partial charge in [-0.3, -0.25) is 0 Å². The monoisotopic (exact) mass is 248 g/mol. The van der Waals surface area contributed by atoms with Crippen molar-refractivity contribution in [1.82, 2.24) is 0 Å². The van der Waals surface area contributed by atoms with E-state index >= 15 is 0 Å². The average molecular weight is 248 g/mol. The van der Waals surface area contributed by atoms with E-state index in [-0.39, 0.29) is 12.4 Å². The van der Waals surface area contributed by atoms with Crippen molar-refractivity contribution in [1.29, 1.82) is 0 Å². The van der Waals surface area contributed by atoms with Crippen molar-refractivity contribution in [3.05, 3.63) is 35.1 Å². The number of benzene rings is 1. The van der Waals surface area contributed by atoms with Gasteiger partial charge < -0.3 is 9.84 Å². The van der Waals surface area contributed by atoms with Crippen LogP contribution in [0.2, 0.25) is 0 Å². The zero-order valence-corrected chi connectivity index (χ0v) is 10.3. The van der Waals surface area contributed by atoms with Crippen LogP contribution >= 0.6 is 0 Å². The minimum atomic E-state index is -0.296. The first-order chi connectivity index (χ1) is 8.79. The fourth-order valence-corrected chi connectivity index (χ4v) is 1.75. The Morgan fingerprint density at radius 2 is 2.22 bits per heavy atom. The summed E-state index contributed by atoms with van der Waals surface area (Å²) in [6.45, 7) is 0.504. The van der Waals surface area contributed by atoms with Gasteiger partial charge in [-0.15, -0.1) is 0 Å². The van der Waals surface area contributed by atoms with E-state index in [0.29, 0.717) is 24.7 Å². The molecule has 0 bridgehead atoms. The molecule has 1 saturated carbocycles. The number of aliphatic hydroxyl groups excluding tert-OH is 1. The normalized spacial score (nSPS) is 14.8. The number of ether oxygens (including phenoxy) is 1. The van der Waals surface area contributed by atoms with Gasteiger partial charge in [0.2, 0.25) is 0 Å². The molecule has 0 spiro atoms. The number of rotatable bonds is 4. The first-order valence-electron chi connectivity index (χ1n) is 6.29. The number of aliphatic hydroxyl groups is 1. The Morgan fingerprint density at radius 3 is 2.89 bits per heavy atom. The van der Waals surface area contributed by atoms with Crippen LogP contribution in [0.1, 0.15) is 36.8 Å². The fourth-order valence-electron chi connectivity index (χ4n) is 1.75. The Balaban J connectivity index is 2.04. The van der Waals surface area contributed by atoms with Gasteiger partial charge in [-0.2, -0.15) is 0 Å². The lowest BCUT2D eigenvalue weighted by molar-refractivity contribution is -0.00875. The van der Waals surface area contributed by atoms with Crippen molar-refractivity contribution in [2.75, 3.05) is 6.61 Å². The standard InChI is InChI=1S/C15H17FO2/c16-14-8-7-13(11-18-15-5-3-6-15)12(10-14)4-1-2-9-17/h7-8,10,15,17H,2-3,5-6,9,11H2. The Kier molecular flexibility index (Phi) is 4.74. The third-order valence-corrected chi connectivity index (χ3v) is 3.06. The van der Waals surface area contributed by atoms with Gasteiger partial charge >= 0.3 is 0 Å². The number of hydrogen-bond acceptors (Lipinski definition) is 2. The zero-order chi connectivity index (χ0) is 12.8. The van der Waals surface area contributed by atoms with Crippen LogP contribution in [-0.2, 0) is 11.3 Å². The van der Waals surface area contributed by atoms with Crippen molar-refractivity contribution in [3.8, 4) is 11.8 Å². The van der Waals surface area contributed by atoms with Gasteiger partial charge in [0, 0.05) is 12.0 Å². The minimum absolute atomic E-state index is 0.0240. The van der Waals surface area contributed by atoms with Crippen LogP contribution in [0, 0.1) is 17.7 Å². The van der Waals surface area contributed by atoms with E-state index in [4.69, 9.17) is 9.84 Å². The molecule has 18 heavy (non-hydrogen) atoms. The average Bonchev–Trinajstić information content (AvgIpc) is 2.30. The molecule has 1 N–H and O–H groups in total. The van der Waals surface area contributed by atoms with Crippen LogP contribution in [0.15, 0.2) is 18.2 Å². The molecule has 3 heteroatoms. The van der Waals surface area contributed by atoms with E-state index in [0.717, 1.165) is 18.4 Å². The van der Waals surface area contributed by atoms with E-state index in [9.17, 15) is 4.39 Å². The molecule has 0 aromatic heterocycles. The van der Waals surface area contributed by atoms with Gasteiger partial charge in [-0.25, -0.2) is 4.39 Å². The summed E-state index contributed by atoms with van der Waals surface area (Å²) in [5.74, 6) is 5.40. The van der Waals surface area contributed by atoms with Crippen molar-refractivity contribution in [2.24, 2.45) is 0 Å². The van der Waals surface area contributed by atoms with Gasteiger partial charge in [0.05, 0.1) is 19.3 Å². The van der Waals surface area contributed by atoms with Crippen LogP contribution in [0.3, 0.4) is 0 Å². The van der Waals surface area contributed by atoms with Crippen LogP contribution < -0.4 is 0 Å². The molecule has 1 aliphatic carbocycles. The molecule has 96 valence electrons. The summed E-state index contributed by atoms with van der Waals surface area (Å²) in [7, 11) is 0. The van der Waals surface area contributed by atoms with E-state index < -0.39 is 0 Å². The summed E-state index contributed by atoms with van der Waals surface area (Å²) in [6.07, 6.45) is 4.23. The summed E-state index contributed by atoms with van der Waals surface area (Å²) in [5, 5.41) is 8.68. The number of halogens is 1. The van der Waals surface area contributed by atoms with E-state index in [1.54, 1.807) is 6.07 Å². The Morgan fingerprint density at radius 1 is 1.39 bits per heavy atom. The second kappa shape index (κ2) is 6.53. The predicted molar refractivity (Wildman–Crippen MR) is 67.4 cm³/mol. The van der Waals surface area contributed by atoms with E-state index in [1.807, 2.05) is 0 Å². The lowest BCUT2D eigenvalue weighted by Gasteiger charge is -2.25. The highest BCUT2D eigenvalue weighted by Gasteiger charge is 2.18. The van der Waals surface area contributed by atoms with Gasteiger partial charge in [-0.05, 0) is 37.0 Å². The first-order valence-corrected chi connectivity index (χ1v) is 6.29. The maximum absolute atomic E-state index is 13.2. The van der Waals surface area contributed by atoms with Crippen LogP contribution in [0.5, 0.6) is 0 Å². The van der Waals surface area contributed by atoms with Crippen LogP contribution in [-0.4, -0.2) is 17.8 Å². The first kappa shape index (κ1) is 13.1. The lowest BCUT2D eigenvalue weighted by Crippen LogP contribution is -2.21. The third-order valence-electron chi connectivity index (χ3n) is 3.06. The van der Waals surface area contributed by atoms with Gasteiger partial charge in [0.25, 0.3) is 0 Å². The Bertz CT molecular complexity index is 455. The molecule has 0 saturated heterocycles. The molecule has 0 amide bonds. The molecule has 1 aliphatic rings. The van der Waals surface area contributed by atoms with Crippen LogP contribution in [0.25, 0.3) is 0 Å². The molecule has 0 unspecified atom stereocenters. The van der Waals surface area contributed by atoms with Crippen molar-refractivity contribution in [3.63, 3.8) is 0 Å². The molecule has 0 heterocycles. The van der Waals surface area contributed by atoms with Gasteiger partial charge in [0.15, 0.2) is 0 Å². The molecule has 2 rings (SSSR count). The smallest absolute Gasteiger partial charge is 0.124 e. The Hall–Kier alpha value is -1.37. The second-order valence-electron chi connectivity index (χ2n) is 4.44. The van der Waals surface area contributed by atoms with Crippen molar-refractivity contribution in [2.45, 2.75) is 38.4 Å². The number of hydrogen-bond donors (Lipinski definition) is 1. The Labute approximate surface area is 107 Å². The largest absolute Gasteiger partial charge is 0.395 e. The highest BCUT2D eigenvalue weighted by Crippen LogP contribution is 2.23.